The van der Waals surface area contributed by atoms with Gasteiger partial charge < -0.3 is 98.8 Å². The molecule has 0 saturated carbocycles. The summed E-state index contributed by atoms with van der Waals surface area (Å²) < 4.78 is 70.6. The van der Waals surface area contributed by atoms with Crippen LogP contribution in [0.15, 0.2) is 58.8 Å². The van der Waals surface area contributed by atoms with E-state index >= 15 is 0 Å². The standard InChI is InChI=1S/C55H91N7O20/c1-55(2,3)82-54(69)60-49(53(67)68)43-44(52(65)66)5-4-6-51(64)59-46-9-13-48(14-10-46)62-61-47-11-7-45(8-12-47)57-17-18-58-50(63)15-19-70-21-23-72-25-27-74-29-31-76-33-35-78-37-39-80-41-42-81-40-38-79-36-34-77-32-30-75-28-26-73-24-22-71-20-16-56/h7-14,44,49,57H,4-6,15-43,56H2,1-3H3,(H,58,63)(H,59,64)(H,60,69)(H,65,66)(H,67,68)/t44-,49-/m0/s1. The Balaban J connectivity index is 1.35. The van der Waals surface area contributed by atoms with Crippen LogP contribution in [0.3, 0.4) is 0 Å². The van der Waals surface area contributed by atoms with Crippen molar-refractivity contribution < 1.29 is 95.8 Å². The van der Waals surface area contributed by atoms with E-state index in [2.05, 4.69) is 31.5 Å². The molecule has 0 aromatic heterocycles. The number of carbonyl (C=O) groups excluding carboxylic acids is 3. The lowest BCUT2D eigenvalue weighted by Gasteiger charge is -2.23. The van der Waals surface area contributed by atoms with Gasteiger partial charge in [0.25, 0.3) is 0 Å². The highest BCUT2D eigenvalue weighted by molar-refractivity contribution is 5.90. The van der Waals surface area contributed by atoms with Crippen LogP contribution in [0.1, 0.15) is 52.9 Å². The fraction of sp³-hybridized carbons (Fsp3) is 0.691. The molecule has 3 amide bonds. The average Bonchev–Trinajstić information content (AvgIpc) is 3.55. The summed E-state index contributed by atoms with van der Waals surface area (Å²) in [5, 5.41) is 38.7. The van der Waals surface area contributed by atoms with E-state index in [0.29, 0.717) is 189 Å². The smallest absolute Gasteiger partial charge is 0.408 e. The maximum Gasteiger partial charge on any atom is 0.408 e. The molecule has 27 nitrogen and oxygen atoms in total. The summed E-state index contributed by atoms with van der Waals surface area (Å²) in [6.07, 6.45) is -0.934. The zero-order valence-electron chi connectivity index (χ0n) is 48.1. The lowest BCUT2D eigenvalue weighted by atomic mass is 9.94. The van der Waals surface area contributed by atoms with Crippen LogP contribution in [0, 0.1) is 5.92 Å². The third-order valence-corrected chi connectivity index (χ3v) is 10.7. The van der Waals surface area contributed by atoms with Crippen LogP contribution < -0.4 is 27.0 Å². The van der Waals surface area contributed by atoms with Crippen molar-refractivity contribution in [2.24, 2.45) is 21.9 Å². The lowest BCUT2D eigenvalue weighted by molar-refractivity contribution is -0.144. The Labute approximate surface area is 481 Å². The van der Waals surface area contributed by atoms with Crippen molar-refractivity contribution >= 4 is 52.6 Å². The van der Waals surface area contributed by atoms with E-state index in [1.54, 1.807) is 57.2 Å². The molecule has 2 aromatic carbocycles. The molecule has 2 atom stereocenters. The lowest BCUT2D eigenvalue weighted by Crippen LogP contribution is -2.45. The molecule has 0 fully saturated rings. The molecule has 0 saturated heterocycles. The summed E-state index contributed by atoms with van der Waals surface area (Å²) in [4.78, 5) is 60.4. The minimum atomic E-state index is -1.48. The molecule has 0 spiro atoms. The maximum atomic E-state index is 12.6. The third kappa shape index (κ3) is 43.2. The summed E-state index contributed by atoms with van der Waals surface area (Å²) in [6.45, 7) is 17.4. The van der Waals surface area contributed by atoms with Crippen LogP contribution in [0.4, 0.5) is 27.5 Å². The molecule has 27 heteroatoms. The number of hydrogen-bond donors (Lipinski definition) is 7. The summed E-state index contributed by atoms with van der Waals surface area (Å²) >= 11 is 0. The van der Waals surface area contributed by atoms with E-state index in [9.17, 15) is 34.2 Å². The Kier molecular flexibility index (Phi) is 43.3. The van der Waals surface area contributed by atoms with Crippen molar-refractivity contribution in [3.63, 3.8) is 0 Å². The van der Waals surface area contributed by atoms with Crippen LogP contribution >= 0.6 is 0 Å². The second kappa shape index (κ2) is 48.9. The number of alkyl carbamates (subject to hydrolysis) is 1. The molecule has 0 aliphatic rings. The van der Waals surface area contributed by atoms with E-state index in [1.165, 1.54) is 0 Å². The molecule has 0 heterocycles. The molecule has 82 heavy (non-hydrogen) atoms. The highest BCUT2D eigenvalue weighted by Gasteiger charge is 2.30. The number of rotatable bonds is 54. The summed E-state index contributed by atoms with van der Waals surface area (Å²) in [6, 6.07) is 12.5. The number of carbonyl (C=O) groups is 5. The molecule has 0 aliphatic heterocycles. The molecule has 466 valence electrons. The Hall–Kier alpha value is -5.53. The number of ether oxygens (including phenoxy) is 13. The number of anilines is 2. The number of carboxylic acids is 2. The predicted molar refractivity (Wildman–Crippen MR) is 301 cm³/mol. The molecule has 0 aliphatic carbocycles. The first kappa shape index (κ1) is 72.6. The van der Waals surface area contributed by atoms with E-state index in [4.69, 9.17) is 67.3 Å². The van der Waals surface area contributed by atoms with E-state index < -0.39 is 35.6 Å². The van der Waals surface area contributed by atoms with Crippen molar-refractivity contribution in [1.29, 1.82) is 0 Å². The number of azo groups is 1. The molecular formula is C55H91N7O20. The van der Waals surface area contributed by atoms with Crippen LogP contribution in [-0.2, 0) is 80.8 Å². The van der Waals surface area contributed by atoms with Crippen LogP contribution in [0.2, 0.25) is 0 Å². The fourth-order valence-corrected chi connectivity index (χ4v) is 6.67. The Bertz CT molecular complexity index is 1980. The average molecular weight is 1170 g/mol. The van der Waals surface area contributed by atoms with Crippen molar-refractivity contribution in [2.45, 2.75) is 64.5 Å². The van der Waals surface area contributed by atoms with Gasteiger partial charge in [0.05, 0.1) is 176 Å². The number of nitrogens with two attached hydrogens (primary N) is 1. The zero-order chi connectivity index (χ0) is 59.6. The maximum absolute atomic E-state index is 12.6. The van der Waals surface area contributed by atoms with Crippen molar-refractivity contribution in [1.82, 2.24) is 10.6 Å². The molecule has 8 N–H and O–H groups in total. The van der Waals surface area contributed by atoms with Gasteiger partial charge in [-0.3, -0.25) is 14.4 Å². The predicted octanol–water partition coefficient (Wildman–Crippen LogP) is 4.36. The zero-order valence-corrected chi connectivity index (χ0v) is 48.1. The summed E-state index contributed by atoms with van der Waals surface area (Å²) in [5.41, 5.74) is 6.97. The number of amides is 3. The Morgan fingerprint density at radius 1 is 0.488 bits per heavy atom. The summed E-state index contributed by atoms with van der Waals surface area (Å²) in [7, 11) is 0. The highest BCUT2D eigenvalue weighted by atomic mass is 16.6. The van der Waals surface area contributed by atoms with Crippen molar-refractivity contribution in [3.8, 4) is 0 Å². The number of hydrogen-bond acceptors (Lipinski definition) is 22. The minimum absolute atomic E-state index is 0.00705. The molecule has 0 bridgehead atoms. The van der Waals surface area contributed by atoms with Gasteiger partial charge in [-0.15, -0.1) is 0 Å². The largest absolute Gasteiger partial charge is 0.481 e. The van der Waals surface area contributed by atoms with Crippen LogP contribution in [0.25, 0.3) is 0 Å². The first-order valence-electron chi connectivity index (χ1n) is 27.8. The number of benzene rings is 2. The van der Waals surface area contributed by atoms with Gasteiger partial charge in [-0.1, -0.05) is 0 Å². The minimum Gasteiger partial charge on any atom is -0.481 e. The van der Waals surface area contributed by atoms with E-state index in [0.717, 1.165) is 5.69 Å². The van der Waals surface area contributed by atoms with E-state index in [1.807, 2.05) is 12.1 Å². The molecule has 0 unspecified atom stereocenters. The molecular weight excluding hydrogens is 1080 g/mol. The first-order valence-corrected chi connectivity index (χ1v) is 27.8. The van der Waals surface area contributed by atoms with Crippen LogP contribution in [-0.4, -0.2) is 230 Å². The Morgan fingerprint density at radius 3 is 1.23 bits per heavy atom. The van der Waals surface area contributed by atoms with Gasteiger partial charge in [0, 0.05) is 43.9 Å². The monoisotopic (exact) mass is 1170 g/mol. The number of nitrogens with zero attached hydrogens (tertiary/aromatic N) is 2. The van der Waals surface area contributed by atoms with E-state index in [-0.39, 0.29) is 50.5 Å². The van der Waals surface area contributed by atoms with Gasteiger partial charge in [0.2, 0.25) is 11.8 Å². The van der Waals surface area contributed by atoms with Crippen molar-refractivity contribution in [3.05, 3.63) is 48.5 Å². The second-order valence-electron chi connectivity index (χ2n) is 18.7. The number of nitrogens with one attached hydrogen (secondary N) is 4. The van der Waals surface area contributed by atoms with Gasteiger partial charge >= 0.3 is 18.0 Å². The van der Waals surface area contributed by atoms with Crippen LogP contribution in [0.5, 0.6) is 0 Å². The highest BCUT2D eigenvalue weighted by Crippen LogP contribution is 2.23. The second-order valence-corrected chi connectivity index (χ2v) is 18.7. The quantitative estimate of drug-likeness (QED) is 0.0357. The van der Waals surface area contributed by atoms with Gasteiger partial charge in [-0.05, 0) is 88.6 Å². The normalized spacial score (nSPS) is 12.3. The first-order chi connectivity index (χ1) is 39.8. The fourth-order valence-electron chi connectivity index (χ4n) is 6.67. The molecule has 2 rings (SSSR count). The van der Waals surface area contributed by atoms with Crippen molar-refractivity contribution in [2.75, 3.05) is 189 Å². The number of carboxylic acid groups (broad SMARTS) is 2. The summed E-state index contributed by atoms with van der Waals surface area (Å²) in [5.74, 6) is -4.22. The third-order valence-electron chi connectivity index (χ3n) is 10.7. The van der Waals surface area contributed by atoms with Gasteiger partial charge in [-0.2, -0.15) is 10.2 Å². The van der Waals surface area contributed by atoms with Gasteiger partial charge in [0.1, 0.15) is 11.6 Å². The molecule has 2 aromatic rings. The number of aliphatic carboxylic acids is 2. The topological polar surface area (TPSA) is 345 Å². The molecule has 0 radical (unpaired) electrons. The SMILES string of the molecule is CC(C)(C)OC(=O)N[C@@H](C[C@H](CCCC(=O)Nc1ccc(N=Nc2ccc(NCCNC(=O)CCOCCOCCOCCOCCOCCOCCOCCOCCOCCOCCOCCOCCN)cc2)cc1)C(=O)O)C(=O)O. The van der Waals surface area contributed by atoms with Gasteiger partial charge in [0.15, 0.2) is 0 Å². The van der Waals surface area contributed by atoms with Gasteiger partial charge in [-0.25, -0.2) is 9.59 Å². The Morgan fingerprint density at radius 2 is 0.866 bits per heavy atom.